The van der Waals surface area contributed by atoms with Crippen molar-refractivity contribution in [3.63, 3.8) is 0 Å². The zero-order valence-electron chi connectivity index (χ0n) is 9.95. The molecule has 2 N–H and O–H groups in total. The number of hydrogen-bond acceptors (Lipinski definition) is 3. The smallest absolute Gasteiger partial charge is 0.312 e. The van der Waals surface area contributed by atoms with Crippen LogP contribution in [0.15, 0.2) is 0 Å². The van der Waals surface area contributed by atoms with Gasteiger partial charge in [-0.2, -0.15) is 0 Å². The van der Waals surface area contributed by atoms with Gasteiger partial charge in [-0.15, -0.1) is 0 Å². The van der Waals surface area contributed by atoms with Crippen LogP contribution in [-0.2, 0) is 9.53 Å². The summed E-state index contributed by atoms with van der Waals surface area (Å²) in [7, 11) is 0. The Labute approximate surface area is 96.7 Å². The van der Waals surface area contributed by atoms with Gasteiger partial charge in [0.1, 0.15) is 0 Å². The van der Waals surface area contributed by atoms with Crippen LogP contribution in [0.5, 0.6) is 0 Å². The summed E-state index contributed by atoms with van der Waals surface area (Å²) >= 11 is 0. The highest BCUT2D eigenvalue weighted by molar-refractivity contribution is 5.77. The molecule has 0 amide bonds. The van der Waals surface area contributed by atoms with Gasteiger partial charge in [-0.25, -0.2) is 0 Å². The van der Waals surface area contributed by atoms with Crippen LogP contribution in [-0.4, -0.2) is 18.6 Å². The summed E-state index contributed by atoms with van der Waals surface area (Å²) < 4.78 is 5.28. The third kappa shape index (κ3) is 1.33. The Morgan fingerprint density at radius 3 is 2.50 bits per heavy atom. The minimum absolute atomic E-state index is 0.0568. The molecule has 3 heteroatoms. The molecule has 2 atom stereocenters. The molecule has 4 saturated carbocycles. The van der Waals surface area contributed by atoms with E-state index in [1.165, 1.54) is 12.8 Å². The lowest BCUT2D eigenvalue weighted by Crippen LogP contribution is -2.59. The van der Waals surface area contributed by atoms with Crippen molar-refractivity contribution >= 4 is 5.97 Å². The van der Waals surface area contributed by atoms with Crippen LogP contribution in [0.4, 0.5) is 0 Å². The molecule has 0 heterocycles. The summed E-state index contributed by atoms with van der Waals surface area (Å²) in [6.07, 6.45) is 5.53. The average Bonchev–Trinajstić information content (AvgIpc) is 2.25. The fourth-order valence-electron chi connectivity index (χ4n) is 4.60. The van der Waals surface area contributed by atoms with Crippen molar-refractivity contribution in [1.29, 1.82) is 0 Å². The fraction of sp³-hybridized carbons (Fsp3) is 0.923. The molecule has 4 bridgehead atoms. The van der Waals surface area contributed by atoms with E-state index in [9.17, 15) is 4.79 Å². The maximum absolute atomic E-state index is 12.1. The van der Waals surface area contributed by atoms with Crippen molar-refractivity contribution in [2.45, 2.75) is 45.1 Å². The van der Waals surface area contributed by atoms with Crippen LogP contribution in [0.3, 0.4) is 0 Å². The number of ether oxygens (including phenoxy) is 1. The van der Waals surface area contributed by atoms with Crippen LogP contribution < -0.4 is 5.73 Å². The Morgan fingerprint density at radius 2 is 1.94 bits per heavy atom. The lowest BCUT2D eigenvalue weighted by molar-refractivity contribution is -0.172. The van der Waals surface area contributed by atoms with Gasteiger partial charge in [0.2, 0.25) is 0 Å². The molecular weight excluding hydrogens is 202 g/mol. The topological polar surface area (TPSA) is 52.3 Å². The molecule has 2 unspecified atom stereocenters. The van der Waals surface area contributed by atoms with Crippen LogP contribution in [0, 0.1) is 23.2 Å². The van der Waals surface area contributed by atoms with Gasteiger partial charge in [-0.05, 0) is 56.8 Å². The molecule has 4 aliphatic carbocycles. The van der Waals surface area contributed by atoms with E-state index in [-0.39, 0.29) is 11.4 Å². The van der Waals surface area contributed by atoms with E-state index in [1.807, 2.05) is 6.92 Å². The number of rotatable bonds is 2. The van der Waals surface area contributed by atoms with E-state index in [1.54, 1.807) is 0 Å². The Morgan fingerprint density at radius 1 is 1.31 bits per heavy atom. The predicted molar refractivity (Wildman–Crippen MR) is 60.6 cm³/mol. The predicted octanol–water partition coefficient (Wildman–Crippen LogP) is 1.70. The van der Waals surface area contributed by atoms with E-state index in [2.05, 4.69) is 0 Å². The molecule has 0 aromatic carbocycles. The first-order chi connectivity index (χ1) is 7.64. The first-order valence-corrected chi connectivity index (χ1v) is 6.57. The summed E-state index contributed by atoms with van der Waals surface area (Å²) in [5, 5.41) is 0. The van der Waals surface area contributed by atoms with Crippen molar-refractivity contribution in [3.05, 3.63) is 0 Å². The van der Waals surface area contributed by atoms with Crippen LogP contribution >= 0.6 is 0 Å². The van der Waals surface area contributed by atoms with Gasteiger partial charge >= 0.3 is 5.97 Å². The number of esters is 1. The van der Waals surface area contributed by atoms with Crippen molar-refractivity contribution in [1.82, 2.24) is 0 Å². The molecule has 0 radical (unpaired) electrons. The Hall–Kier alpha value is -0.570. The molecule has 0 aromatic heterocycles. The maximum Gasteiger partial charge on any atom is 0.312 e. The molecule has 0 aromatic rings. The Kier molecular flexibility index (Phi) is 2.29. The molecule has 0 aliphatic heterocycles. The Bertz CT molecular complexity index is 299. The molecule has 3 nitrogen and oxygen atoms in total. The monoisotopic (exact) mass is 223 g/mol. The van der Waals surface area contributed by atoms with Crippen LogP contribution in [0.2, 0.25) is 0 Å². The second-order valence-electron chi connectivity index (χ2n) is 6.05. The maximum atomic E-state index is 12.1. The first kappa shape index (κ1) is 10.6. The van der Waals surface area contributed by atoms with Crippen LogP contribution in [0.25, 0.3) is 0 Å². The van der Waals surface area contributed by atoms with E-state index in [4.69, 9.17) is 10.5 Å². The number of hydrogen-bond donors (Lipinski definition) is 1. The molecular formula is C13H21NO2. The minimum Gasteiger partial charge on any atom is -0.466 e. The second-order valence-corrected chi connectivity index (χ2v) is 6.05. The minimum atomic E-state index is -0.150. The van der Waals surface area contributed by atoms with E-state index < -0.39 is 0 Å². The molecule has 4 fully saturated rings. The van der Waals surface area contributed by atoms with Gasteiger partial charge in [-0.1, -0.05) is 0 Å². The second kappa shape index (κ2) is 3.46. The fourth-order valence-corrected chi connectivity index (χ4v) is 4.60. The SMILES string of the molecule is CCOC(=O)C12CC3CC(C1)C(N)C(C3)C2. The highest BCUT2D eigenvalue weighted by Gasteiger charge is 2.58. The summed E-state index contributed by atoms with van der Waals surface area (Å²) in [5.74, 6) is 1.95. The van der Waals surface area contributed by atoms with E-state index in [0.29, 0.717) is 24.5 Å². The zero-order valence-corrected chi connectivity index (χ0v) is 9.95. The van der Waals surface area contributed by atoms with Crippen molar-refractivity contribution < 1.29 is 9.53 Å². The van der Waals surface area contributed by atoms with Gasteiger partial charge in [0, 0.05) is 6.04 Å². The zero-order chi connectivity index (χ0) is 11.3. The molecule has 90 valence electrons. The largest absolute Gasteiger partial charge is 0.466 e. The van der Waals surface area contributed by atoms with Crippen molar-refractivity contribution in [2.24, 2.45) is 28.9 Å². The van der Waals surface area contributed by atoms with E-state index in [0.717, 1.165) is 25.2 Å². The Balaban J connectivity index is 1.85. The van der Waals surface area contributed by atoms with Crippen molar-refractivity contribution in [2.75, 3.05) is 6.61 Å². The number of nitrogens with two attached hydrogens (primary N) is 1. The molecule has 16 heavy (non-hydrogen) atoms. The summed E-state index contributed by atoms with van der Waals surface area (Å²) in [6.45, 7) is 2.40. The average molecular weight is 223 g/mol. The molecule has 0 saturated heterocycles. The normalized spacial score (nSPS) is 49.4. The number of carbonyl (C=O) groups is 1. The molecule has 4 rings (SSSR count). The molecule has 4 aliphatic rings. The highest BCUT2D eigenvalue weighted by Crippen LogP contribution is 2.59. The van der Waals surface area contributed by atoms with E-state index >= 15 is 0 Å². The third-order valence-electron chi connectivity index (χ3n) is 5.05. The van der Waals surface area contributed by atoms with Gasteiger partial charge in [0.15, 0.2) is 0 Å². The summed E-state index contributed by atoms with van der Waals surface area (Å²) in [6, 6.07) is 0.346. The first-order valence-electron chi connectivity index (χ1n) is 6.57. The van der Waals surface area contributed by atoms with Gasteiger partial charge in [0.25, 0.3) is 0 Å². The standard InChI is InChI=1S/C13H21NO2/c1-2-16-12(15)13-5-8-3-9(6-13)11(14)10(4-8)7-13/h8-11H,2-7,14H2,1H3. The lowest BCUT2D eigenvalue weighted by atomic mass is 9.48. The van der Waals surface area contributed by atoms with Gasteiger partial charge < -0.3 is 10.5 Å². The summed E-state index contributed by atoms with van der Waals surface area (Å²) in [4.78, 5) is 12.1. The molecule has 0 spiro atoms. The van der Waals surface area contributed by atoms with Gasteiger partial charge in [-0.3, -0.25) is 4.79 Å². The quantitative estimate of drug-likeness (QED) is 0.725. The van der Waals surface area contributed by atoms with Crippen molar-refractivity contribution in [3.8, 4) is 0 Å². The highest BCUT2D eigenvalue weighted by atomic mass is 16.5. The third-order valence-corrected chi connectivity index (χ3v) is 5.05. The lowest BCUT2D eigenvalue weighted by Gasteiger charge is -2.57. The van der Waals surface area contributed by atoms with Crippen LogP contribution in [0.1, 0.15) is 39.0 Å². The van der Waals surface area contributed by atoms with Gasteiger partial charge in [0.05, 0.1) is 12.0 Å². The summed E-state index contributed by atoms with van der Waals surface area (Å²) in [5.41, 5.74) is 6.10. The number of carbonyl (C=O) groups excluding carboxylic acids is 1.